The number of carbonyl (C=O) groups excluding carboxylic acids is 2. The molecule has 8 nitrogen and oxygen atoms in total. The number of amides is 2. The molecule has 3 aromatic carbocycles. The van der Waals surface area contributed by atoms with Gasteiger partial charge in [0.15, 0.2) is 0 Å². The third kappa shape index (κ3) is 8.09. The Morgan fingerprint density at radius 1 is 0.720 bits per heavy atom. The standard InChI is InChI=1S/C42H46N6O2/c49-41(33-22-20-29(21-23-33)27-46-37-18-5-12-32-15-7-26-45-40(32)37)48-38(19-8-24-43-36-17-4-11-31-14-6-25-44-39(31)36)42(50)47-28-34-13-3-10-30-9-1-2-16-35(30)34/h1-3,6-7,9-10,13-16,20-23,25-26,36-38,43,46H,4-5,8,11-12,17-19,24,27-28H2,(H,47,50)(H,48,49)/t36?,37?,38-/m0/s1. The third-order valence-corrected chi connectivity index (χ3v) is 10.2. The first-order valence-electron chi connectivity index (χ1n) is 18.1. The number of pyridine rings is 2. The van der Waals surface area contributed by atoms with Crippen LogP contribution in [0.25, 0.3) is 10.8 Å². The zero-order chi connectivity index (χ0) is 34.1. The fourth-order valence-electron chi connectivity index (χ4n) is 7.48. The molecular weight excluding hydrogens is 621 g/mol. The van der Waals surface area contributed by atoms with Crippen molar-refractivity contribution in [3.63, 3.8) is 0 Å². The highest BCUT2D eigenvalue weighted by molar-refractivity contribution is 5.97. The molecule has 5 aromatic rings. The van der Waals surface area contributed by atoms with Gasteiger partial charge in [0.1, 0.15) is 6.04 Å². The molecule has 2 aliphatic carbocycles. The normalized spacial score (nSPS) is 17.4. The van der Waals surface area contributed by atoms with Gasteiger partial charge in [-0.25, -0.2) is 0 Å². The monoisotopic (exact) mass is 666 g/mol. The van der Waals surface area contributed by atoms with Crippen LogP contribution in [0, 0.1) is 0 Å². The van der Waals surface area contributed by atoms with E-state index in [0.717, 1.165) is 84.8 Å². The predicted molar refractivity (Wildman–Crippen MR) is 197 cm³/mol. The summed E-state index contributed by atoms with van der Waals surface area (Å²) >= 11 is 0. The molecule has 2 amide bonds. The van der Waals surface area contributed by atoms with Crippen LogP contribution in [0.15, 0.2) is 103 Å². The number of rotatable bonds is 13. The Kier molecular flexibility index (Phi) is 10.9. The highest BCUT2D eigenvalue weighted by Crippen LogP contribution is 2.29. The van der Waals surface area contributed by atoms with E-state index >= 15 is 0 Å². The van der Waals surface area contributed by atoms with Crippen molar-refractivity contribution >= 4 is 22.6 Å². The number of aryl methyl sites for hydroxylation is 2. The van der Waals surface area contributed by atoms with Gasteiger partial charge in [-0.05, 0) is 115 Å². The van der Waals surface area contributed by atoms with Crippen molar-refractivity contribution in [2.45, 2.75) is 82.6 Å². The van der Waals surface area contributed by atoms with Gasteiger partial charge in [-0.1, -0.05) is 66.7 Å². The number of nitrogens with zero attached hydrogens (tertiary/aromatic N) is 2. The summed E-state index contributed by atoms with van der Waals surface area (Å²) in [6.45, 7) is 1.81. The fourth-order valence-corrected chi connectivity index (χ4v) is 7.48. The lowest BCUT2D eigenvalue weighted by Crippen LogP contribution is -2.46. The van der Waals surface area contributed by atoms with Crippen molar-refractivity contribution in [2.24, 2.45) is 0 Å². The van der Waals surface area contributed by atoms with Crippen LogP contribution >= 0.6 is 0 Å². The Bertz CT molecular complexity index is 1920. The summed E-state index contributed by atoms with van der Waals surface area (Å²) in [5.41, 5.74) is 7.60. The molecule has 0 bridgehead atoms. The number of nitrogens with one attached hydrogen (secondary N) is 4. The first-order chi connectivity index (χ1) is 24.6. The van der Waals surface area contributed by atoms with Crippen LogP contribution in [0.3, 0.4) is 0 Å². The maximum Gasteiger partial charge on any atom is 0.251 e. The Morgan fingerprint density at radius 3 is 2.14 bits per heavy atom. The van der Waals surface area contributed by atoms with E-state index in [9.17, 15) is 9.59 Å². The van der Waals surface area contributed by atoms with Gasteiger partial charge in [0.2, 0.25) is 5.91 Å². The molecule has 0 radical (unpaired) electrons. The molecule has 8 heteroatoms. The average molecular weight is 667 g/mol. The van der Waals surface area contributed by atoms with Gasteiger partial charge in [0.25, 0.3) is 5.91 Å². The highest BCUT2D eigenvalue weighted by Gasteiger charge is 2.24. The Hall–Kier alpha value is -4.92. The quantitative estimate of drug-likeness (QED) is 0.105. The topological polar surface area (TPSA) is 108 Å². The molecule has 0 saturated carbocycles. The van der Waals surface area contributed by atoms with Crippen LogP contribution in [-0.2, 0) is 30.7 Å². The third-order valence-electron chi connectivity index (χ3n) is 10.2. The Balaban J connectivity index is 0.978. The summed E-state index contributed by atoms with van der Waals surface area (Å²) in [6.07, 6.45) is 11.5. The summed E-state index contributed by atoms with van der Waals surface area (Å²) in [7, 11) is 0. The van der Waals surface area contributed by atoms with Crippen LogP contribution in [0.4, 0.5) is 0 Å². The largest absolute Gasteiger partial charge is 0.350 e. The molecule has 3 atom stereocenters. The molecule has 2 aromatic heterocycles. The molecule has 50 heavy (non-hydrogen) atoms. The van der Waals surface area contributed by atoms with Gasteiger partial charge in [0, 0.05) is 37.1 Å². The van der Waals surface area contributed by atoms with Crippen LogP contribution in [-0.4, -0.2) is 34.4 Å². The van der Waals surface area contributed by atoms with E-state index in [1.165, 1.54) is 11.1 Å². The molecule has 0 fully saturated rings. The maximum absolute atomic E-state index is 13.7. The zero-order valence-electron chi connectivity index (χ0n) is 28.5. The molecule has 2 unspecified atom stereocenters. The molecule has 0 saturated heterocycles. The number of benzene rings is 3. The average Bonchev–Trinajstić information content (AvgIpc) is 3.17. The van der Waals surface area contributed by atoms with E-state index in [1.807, 2.05) is 73.1 Å². The lowest BCUT2D eigenvalue weighted by molar-refractivity contribution is -0.123. The number of fused-ring (bicyclic) bond motifs is 3. The zero-order valence-corrected chi connectivity index (χ0v) is 28.5. The van der Waals surface area contributed by atoms with Crippen molar-refractivity contribution < 1.29 is 9.59 Å². The minimum absolute atomic E-state index is 0.182. The van der Waals surface area contributed by atoms with Crippen molar-refractivity contribution in [3.8, 4) is 0 Å². The molecule has 4 N–H and O–H groups in total. The maximum atomic E-state index is 13.7. The van der Waals surface area contributed by atoms with Gasteiger partial charge in [0.05, 0.1) is 17.4 Å². The molecule has 7 rings (SSSR count). The molecule has 2 aliphatic rings. The van der Waals surface area contributed by atoms with Crippen molar-refractivity contribution in [1.82, 2.24) is 31.2 Å². The summed E-state index contributed by atoms with van der Waals surface area (Å²) in [5, 5.41) is 15.7. The number of hydrogen-bond donors (Lipinski definition) is 4. The second-order valence-corrected chi connectivity index (χ2v) is 13.5. The van der Waals surface area contributed by atoms with E-state index in [4.69, 9.17) is 0 Å². The van der Waals surface area contributed by atoms with Crippen LogP contribution in [0.1, 0.15) is 94.6 Å². The lowest BCUT2D eigenvalue weighted by Gasteiger charge is -2.25. The highest BCUT2D eigenvalue weighted by atomic mass is 16.2. The first kappa shape index (κ1) is 33.6. The van der Waals surface area contributed by atoms with Crippen molar-refractivity contribution in [1.29, 1.82) is 0 Å². The summed E-state index contributed by atoms with van der Waals surface area (Å²) in [4.78, 5) is 36.5. The van der Waals surface area contributed by atoms with Gasteiger partial charge in [-0.3, -0.25) is 19.6 Å². The summed E-state index contributed by atoms with van der Waals surface area (Å²) in [5.74, 6) is -0.434. The van der Waals surface area contributed by atoms with Gasteiger partial charge >= 0.3 is 0 Å². The number of hydrogen-bond acceptors (Lipinski definition) is 6. The van der Waals surface area contributed by atoms with Gasteiger partial charge < -0.3 is 21.3 Å². The lowest BCUT2D eigenvalue weighted by atomic mass is 9.92. The van der Waals surface area contributed by atoms with E-state index in [0.29, 0.717) is 25.1 Å². The fraction of sp³-hybridized carbons (Fsp3) is 0.333. The molecule has 0 aliphatic heterocycles. The first-order valence-corrected chi connectivity index (χ1v) is 18.1. The summed E-state index contributed by atoms with van der Waals surface area (Å²) in [6, 6.07) is 30.1. The van der Waals surface area contributed by atoms with E-state index in [-0.39, 0.29) is 23.9 Å². The Labute approximate surface area is 294 Å². The minimum Gasteiger partial charge on any atom is -0.350 e. The number of carbonyl (C=O) groups is 2. The predicted octanol–water partition coefficient (Wildman–Crippen LogP) is 6.66. The smallest absolute Gasteiger partial charge is 0.251 e. The van der Waals surface area contributed by atoms with Crippen molar-refractivity contribution in [3.05, 3.63) is 143 Å². The van der Waals surface area contributed by atoms with Gasteiger partial charge in [-0.15, -0.1) is 0 Å². The molecule has 2 heterocycles. The second-order valence-electron chi connectivity index (χ2n) is 13.5. The summed E-state index contributed by atoms with van der Waals surface area (Å²) < 4.78 is 0. The minimum atomic E-state index is -0.670. The van der Waals surface area contributed by atoms with Crippen molar-refractivity contribution in [2.75, 3.05) is 6.54 Å². The van der Waals surface area contributed by atoms with Crippen LogP contribution in [0.2, 0.25) is 0 Å². The molecule has 256 valence electrons. The van der Waals surface area contributed by atoms with E-state index < -0.39 is 6.04 Å². The van der Waals surface area contributed by atoms with E-state index in [2.05, 4.69) is 61.6 Å². The second kappa shape index (κ2) is 16.2. The number of aromatic nitrogens is 2. The Morgan fingerprint density at radius 2 is 1.40 bits per heavy atom. The van der Waals surface area contributed by atoms with Crippen LogP contribution < -0.4 is 21.3 Å². The molecule has 0 spiro atoms. The van der Waals surface area contributed by atoms with Gasteiger partial charge in [-0.2, -0.15) is 0 Å². The SMILES string of the molecule is O=C(N[C@@H](CCCNC1CCCc2cccnc21)C(=O)NCc1cccc2ccccc12)c1ccc(CNC2CCCc3cccnc32)cc1. The van der Waals surface area contributed by atoms with E-state index in [1.54, 1.807) is 0 Å². The molecular formula is C42H46N6O2. The van der Waals surface area contributed by atoms with Crippen LogP contribution in [0.5, 0.6) is 0 Å².